The second-order valence-electron chi connectivity index (χ2n) is 2.68. The van der Waals surface area contributed by atoms with Gasteiger partial charge in [-0.3, -0.25) is 4.40 Å². The standard InChI is InChI=1S/C8H8ClN3/c1-5-8(9)12-4-6(10)2-3-7(12)11-5/h2-4H,10H2,1H3. The van der Waals surface area contributed by atoms with Crippen molar-refractivity contribution in [3.8, 4) is 0 Å². The van der Waals surface area contributed by atoms with Crippen molar-refractivity contribution in [2.24, 2.45) is 0 Å². The molecular weight excluding hydrogens is 174 g/mol. The van der Waals surface area contributed by atoms with Crippen LogP contribution in [0.2, 0.25) is 5.15 Å². The van der Waals surface area contributed by atoms with E-state index < -0.39 is 0 Å². The van der Waals surface area contributed by atoms with Gasteiger partial charge in [0.25, 0.3) is 0 Å². The second-order valence-corrected chi connectivity index (χ2v) is 3.04. The van der Waals surface area contributed by atoms with Crippen molar-refractivity contribution in [3.05, 3.63) is 29.2 Å². The summed E-state index contributed by atoms with van der Waals surface area (Å²) in [6.45, 7) is 1.87. The number of nitrogens with zero attached hydrogens (tertiary/aromatic N) is 2. The Bertz CT molecular complexity index is 433. The molecule has 0 amide bonds. The zero-order valence-corrected chi connectivity index (χ0v) is 7.34. The van der Waals surface area contributed by atoms with Crippen LogP contribution in [0.1, 0.15) is 5.69 Å². The van der Waals surface area contributed by atoms with Gasteiger partial charge < -0.3 is 5.73 Å². The highest BCUT2D eigenvalue weighted by Gasteiger charge is 2.04. The molecule has 0 aromatic carbocycles. The lowest BCUT2D eigenvalue weighted by molar-refractivity contribution is 1.19. The number of nitrogen functional groups attached to an aromatic ring is 1. The number of hydrogen-bond donors (Lipinski definition) is 1. The number of hydrogen-bond acceptors (Lipinski definition) is 2. The largest absolute Gasteiger partial charge is 0.398 e. The van der Waals surface area contributed by atoms with E-state index in [2.05, 4.69) is 4.98 Å². The number of anilines is 1. The molecule has 0 saturated heterocycles. The Labute approximate surface area is 74.8 Å². The molecule has 0 spiro atoms. The Balaban J connectivity index is 2.88. The molecule has 0 aliphatic heterocycles. The monoisotopic (exact) mass is 181 g/mol. The van der Waals surface area contributed by atoms with E-state index in [1.54, 1.807) is 16.7 Å². The summed E-state index contributed by atoms with van der Waals surface area (Å²) in [5.41, 5.74) is 7.92. The normalized spacial score (nSPS) is 10.8. The second kappa shape index (κ2) is 2.38. The molecule has 4 heteroatoms. The Hall–Kier alpha value is -1.22. The van der Waals surface area contributed by atoms with E-state index in [1.165, 1.54) is 0 Å². The van der Waals surface area contributed by atoms with Crippen molar-refractivity contribution in [3.63, 3.8) is 0 Å². The van der Waals surface area contributed by atoms with Crippen LogP contribution in [0.3, 0.4) is 0 Å². The van der Waals surface area contributed by atoms with E-state index in [1.807, 2.05) is 13.0 Å². The maximum Gasteiger partial charge on any atom is 0.138 e. The number of nitrogens with two attached hydrogens (primary N) is 1. The molecule has 12 heavy (non-hydrogen) atoms. The first-order valence-electron chi connectivity index (χ1n) is 3.58. The van der Waals surface area contributed by atoms with Crippen molar-refractivity contribution in [1.82, 2.24) is 9.38 Å². The summed E-state index contributed by atoms with van der Waals surface area (Å²) < 4.78 is 1.77. The quantitative estimate of drug-likeness (QED) is 0.675. The number of imidazole rings is 1. The molecule has 0 aliphatic carbocycles. The van der Waals surface area contributed by atoms with Crippen molar-refractivity contribution in [2.75, 3.05) is 5.73 Å². The van der Waals surface area contributed by atoms with Crippen LogP contribution in [0.25, 0.3) is 5.65 Å². The van der Waals surface area contributed by atoms with Crippen molar-refractivity contribution in [2.45, 2.75) is 6.92 Å². The van der Waals surface area contributed by atoms with Gasteiger partial charge in [-0.15, -0.1) is 0 Å². The van der Waals surface area contributed by atoms with E-state index in [0.717, 1.165) is 11.3 Å². The Kier molecular flexibility index (Phi) is 1.48. The fourth-order valence-electron chi connectivity index (χ4n) is 1.15. The van der Waals surface area contributed by atoms with E-state index in [9.17, 15) is 0 Å². The number of pyridine rings is 1. The molecule has 2 aromatic heterocycles. The van der Waals surface area contributed by atoms with Gasteiger partial charge in [0, 0.05) is 11.9 Å². The van der Waals surface area contributed by atoms with Crippen LogP contribution < -0.4 is 5.73 Å². The number of halogens is 1. The zero-order valence-electron chi connectivity index (χ0n) is 6.58. The first kappa shape index (κ1) is 7.43. The average molecular weight is 182 g/mol. The summed E-state index contributed by atoms with van der Waals surface area (Å²) in [5, 5.41) is 0.623. The first-order valence-corrected chi connectivity index (χ1v) is 3.96. The van der Waals surface area contributed by atoms with Gasteiger partial charge in [-0.25, -0.2) is 4.98 Å². The molecule has 2 rings (SSSR count). The van der Waals surface area contributed by atoms with E-state index in [0.29, 0.717) is 10.8 Å². The third kappa shape index (κ3) is 0.940. The zero-order chi connectivity index (χ0) is 8.72. The van der Waals surface area contributed by atoms with Gasteiger partial charge in [-0.05, 0) is 19.1 Å². The molecule has 2 heterocycles. The van der Waals surface area contributed by atoms with Gasteiger partial charge in [-0.2, -0.15) is 0 Å². The van der Waals surface area contributed by atoms with Gasteiger partial charge in [0.1, 0.15) is 10.8 Å². The van der Waals surface area contributed by atoms with Gasteiger partial charge in [0.2, 0.25) is 0 Å². The third-order valence-corrected chi connectivity index (χ3v) is 2.20. The van der Waals surface area contributed by atoms with E-state index >= 15 is 0 Å². The van der Waals surface area contributed by atoms with Crippen molar-refractivity contribution >= 4 is 22.9 Å². The fraction of sp³-hybridized carbons (Fsp3) is 0.125. The van der Waals surface area contributed by atoms with Gasteiger partial charge in [0.15, 0.2) is 0 Å². The lowest BCUT2D eigenvalue weighted by Crippen LogP contribution is -1.89. The van der Waals surface area contributed by atoms with Crippen LogP contribution in [-0.4, -0.2) is 9.38 Å². The third-order valence-electron chi connectivity index (χ3n) is 1.74. The van der Waals surface area contributed by atoms with Crippen LogP contribution in [0.15, 0.2) is 18.3 Å². The van der Waals surface area contributed by atoms with Crippen molar-refractivity contribution < 1.29 is 0 Å². The summed E-state index contributed by atoms with van der Waals surface area (Å²) >= 11 is 5.96. The lowest BCUT2D eigenvalue weighted by Gasteiger charge is -1.95. The molecule has 2 N–H and O–H groups in total. The maximum atomic E-state index is 5.96. The van der Waals surface area contributed by atoms with Crippen LogP contribution in [0.5, 0.6) is 0 Å². The molecule has 0 aliphatic rings. The van der Waals surface area contributed by atoms with Crippen molar-refractivity contribution in [1.29, 1.82) is 0 Å². The molecule has 0 bridgehead atoms. The molecule has 3 nitrogen and oxygen atoms in total. The summed E-state index contributed by atoms with van der Waals surface area (Å²) in [7, 11) is 0. The fourth-order valence-corrected chi connectivity index (χ4v) is 1.33. The van der Waals surface area contributed by atoms with E-state index in [4.69, 9.17) is 17.3 Å². The minimum absolute atomic E-state index is 0.623. The molecule has 0 atom stereocenters. The highest BCUT2D eigenvalue weighted by molar-refractivity contribution is 6.30. The minimum atomic E-state index is 0.623. The summed E-state index contributed by atoms with van der Waals surface area (Å²) in [5.74, 6) is 0. The summed E-state index contributed by atoms with van der Waals surface area (Å²) in [4.78, 5) is 4.23. The average Bonchev–Trinajstić information content (AvgIpc) is 2.31. The molecule has 0 fully saturated rings. The predicted molar refractivity (Wildman–Crippen MR) is 49.4 cm³/mol. The molecular formula is C8H8ClN3. The number of fused-ring (bicyclic) bond motifs is 1. The Morgan fingerprint density at radius 3 is 3.00 bits per heavy atom. The minimum Gasteiger partial charge on any atom is -0.398 e. The lowest BCUT2D eigenvalue weighted by atomic mass is 10.4. The van der Waals surface area contributed by atoms with Gasteiger partial charge >= 0.3 is 0 Å². The highest BCUT2D eigenvalue weighted by Crippen LogP contribution is 2.18. The first-order chi connectivity index (χ1) is 5.68. The molecule has 2 aromatic rings. The topological polar surface area (TPSA) is 43.3 Å². The van der Waals surface area contributed by atoms with E-state index in [-0.39, 0.29) is 0 Å². The Morgan fingerprint density at radius 1 is 1.50 bits per heavy atom. The van der Waals surface area contributed by atoms with Crippen LogP contribution >= 0.6 is 11.6 Å². The predicted octanol–water partition coefficient (Wildman–Crippen LogP) is 1.88. The Morgan fingerprint density at radius 2 is 2.25 bits per heavy atom. The number of rotatable bonds is 0. The molecule has 0 saturated carbocycles. The van der Waals surface area contributed by atoms with Crippen LogP contribution in [-0.2, 0) is 0 Å². The van der Waals surface area contributed by atoms with Gasteiger partial charge in [-0.1, -0.05) is 11.6 Å². The number of aromatic nitrogens is 2. The van der Waals surface area contributed by atoms with Crippen LogP contribution in [0.4, 0.5) is 5.69 Å². The van der Waals surface area contributed by atoms with Gasteiger partial charge in [0.05, 0.1) is 5.69 Å². The highest BCUT2D eigenvalue weighted by atomic mass is 35.5. The SMILES string of the molecule is Cc1nc2ccc(N)cn2c1Cl. The molecule has 0 unspecified atom stereocenters. The van der Waals surface area contributed by atoms with Crippen LogP contribution in [0, 0.1) is 6.92 Å². The molecule has 0 radical (unpaired) electrons. The smallest absolute Gasteiger partial charge is 0.138 e. The maximum absolute atomic E-state index is 5.96. The summed E-state index contributed by atoms with van der Waals surface area (Å²) in [6, 6.07) is 3.65. The summed E-state index contributed by atoms with van der Waals surface area (Å²) in [6.07, 6.45) is 1.76. The molecule has 62 valence electrons. The number of aryl methyl sites for hydroxylation is 1.